The van der Waals surface area contributed by atoms with Crippen LogP contribution in [0.15, 0.2) is 57.6 Å². The van der Waals surface area contributed by atoms with E-state index in [1.165, 1.54) is 21.3 Å². The molecule has 1 aliphatic rings. The minimum absolute atomic E-state index is 0.113. The van der Waals surface area contributed by atoms with Crippen LogP contribution in [0.4, 0.5) is 11.6 Å². The number of aliphatic hydroxyl groups is 2. The van der Waals surface area contributed by atoms with Crippen LogP contribution in [-0.4, -0.2) is 37.5 Å². The van der Waals surface area contributed by atoms with Crippen molar-refractivity contribution in [2.75, 3.05) is 18.5 Å². The van der Waals surface area contributed by atoms with E-state index in [1.807, 2.05) is 18.2 Å². The van der Waals surface area contributed by atoms with Crippen molar-refractivity contribution >= 4 is 28.8 Å². The Kier molecular flexibility index (Phi) is 7.02. The molecule has 2 aromatic carbocycles. The molecule has 178 valence electrons. The smallest absolute Gasteiger partial charge is 0.354 e. The summed E-state index contributed by atoms with van der Waals surface area (Å²) < 4.78 is 2.31. The van der Waals surface area contributed by atoms with Crippen molar-refractivity contribution in [1.29, 1.82) is 0 Å². The van der Waals surface area contributed by atoms with Gasteiger partial charge >= 0.3 is 11.4 Å². The number of halogens is 1. The molecule has 0 saturated heterocycles. The van der Waals surface area contributed by atoms with Crippen LogP contribution in [-0.2, 0) is 19.5 Å². The number of aliphatic hydroxyl groups excluding tert-OH is 2. The predicted molar refractivity (Wildman–Crippen MR) is 133 cm³/mol. The van der Waals surface area contributed by atoms with Crippen molar-refractivity contribution in [1.82, 2.24) is 14.1 Å². The predicted octanol–water partition coefficient (Wildman–Crippen LogP) is 2.80. The minimum atomic E-state index is -0.750. The normalized spacial score (nSPS) is 13.0. The van der Waals surface area contributed by atoms with Gasteiger partial charge in [0.05, 0.1) is 6.54 Å². The Bertz CT molecular complexity index is 1350. The number of aromatic nitrogens is 3. The van der Waals surface area contributed by atoms with Crippen LogP contribution in [0, 0.1) is 5.92 Å². The van der Waals surface area contributed by atoms with E-state index in [0.717, 1.165) is 22.1 Å². The van der Waals surface area contributed by atoms with Gasteiger partial charge in [0.25, 0.3) is 0 Å². The number of hydrogen-bond acceptors (Lipinski definition) is 6. The topological polar surface area (TPSA) is 109 Å². The number of fused-ring (bicyclic) bond motifs is 1. The molecule has 0 bridgehead atoms. The van der Waals surface area contributed by atoms with E-state index in [1.54, 1.807) is 24.3 Å². The molecule has 0 spiro atoms. The lowest BCUT2D eigenvalue weighted by Crippen LogP contribution is -2.44. The zero-order valence-electron chi connectivity index (χ0n) is 19.1. The van der Waals surface area contributed by atoms with Gasteiger partial charge in [0.2, 0.25) is 5.95 Å². The summed E-state index contributed by atoms with van der Waals surface area (Å²) in [7, 11) is 0. The Morgan fingerprint density at radius 3 is 2.44 bits per heavy atom. The van der Waals surface area contributed by atoms with Crippen molar-refractivity contribution in [3.8, 4) is 0 Å². The highest BCUT2D eigenvalue weighted by atomic mass is 35.5. The summed E-state index contributed by atoms with van der Waals surface area (Å²) in [5.41, 5.74) is 5.08. The molecular formula is C25H27ClN4O4. The van der Waals surface area contributed by atoms with Crippen molar-refractivity contribution in [3.05, 3.63) is 90.7 Å². The van der Waals surface area contributed by atoms with Gasteiger partial charge in [-0.2, -0.15) is 4.98 Å². The third-order valence-corrected chi connectivity index (χ3v) is 6.48. The summed E-state index contributed by atoms with van der Waals surface area (Å²) in [6, 6.07) is 13.0. The van der Waals surface area contributed by atoms with Gasteiger partial charge in [-0.1, -0.05) is 35.4 Å². The highest BCUT2D eigenvalue weighted by Gasteiger charge is 2.19. The molecule has 8 nitrogen and oxygen atoms in total. The van der Waals surface area contributed by atoms with Gasteiger partial charge in [-0.05, 0) is 66.8 Å². The van der Waals surface area contributed by atoms with Gasteiger partial charge in [0.1, 0.15) is 0 Å². The summed E-state index contributed by atoms with van der Waals surface area (Å²) in [5.74, 6) is -0.535. The lowest BCUT2D eigenvalue weighted by Gasteiger charge is -2.18. The Balaban J connectivity index is 1.77. The van der Waals surface area contributed by atoms with E-state index < -0.39 is 17.3 Å². The molecule has 3 aromatic rings. The first kappa shape index (κ1) is 23.9. The van der Waals surface area contributed by atoms with Gasteiger partial charge in [-0.3, -0.25) is 4.57 Å². The number of nitrogens with one attached hydrogen (secondary N) is 1. The minimum Gasteiger partial charge on any atom is -0.396 e. The molecule has 0 atom stereocenters. The fourth-order valence-corrected chi connectivity index (χ4v) is 4.19. The maximum atomic E-state index is 13.4. The van der Waals surface area contributed by atoms with Crippen LogP contribution in [0.2, 0.25) is 5.02 Å². The molecule has 0 amide bonds. The molecule has 1 aliphatic carbocycles. The van der Waals surface area contributed by atoms with E-state index >= 15 is 0 Å². The van der Waals surface area contributed by atoms with Crippen molar-refractivity contribution < 1.29 is 10.2 Å². The first-order valence-corrected chi connectivity index (χ1v) is 11.4. The van der Waals surface area contributed by atoms with E-state index in [-0.39, 0.29) is 32.3 Å². The highest BCUT2D eigenvalue weighted by molar-refractivity contribution is 6.30. The molecule has 9 heteroatoms. The first-order chi connectivity index (χ1) is 16.3. The molecule has 0 unspecified atom stereocenters. The summed E-state index contributed by atoms with van der Waals surface area (Å²) in [6.07, 6.45) is 0.911. The Morgan fingerprint density at radius 1 is 1.06 bits per heavy atom. The van der Waals surface area contributed by atoms with E-state index in [9.17, 15) is 19.8 Å². The Morgan fingerprint density at radius 2 is 1.76 bits per heavy atom. The molecule has 0 aliphatic heterocycles. The first-order valence-electron chi connectivity index (χ1n) is 11.0. The summed E-state index contributed by atoms with van der Waals surface area (Å²) in [5, 5.41) is 22.6. The zero-order chi connectivity index (χ0) is 24.4. The summed E-state index contributed by atoms with van der Waals surface area (Å²) in [6.45, 7) is 3.49. The number of nitrogens with zero attached hydrogens (tertiary/aromatic N) is 3. The molecule has 0 fully saturated rings. The summed E-state index contributed by atoms with van der Waals surface area (Å²) >= 11 is 6.00. The maximum Gasteiger partial charge on any atom is 0.354 e. The number of allylic oxidation sites excluding steroid dienone is 2. The van der Waals surface area contributed by atoms with E-state index in [2.05, 4.69) is 24.1 Å². The highest BCUT2D eigenvalue weighted by Crippen LogP contribution is 2.34. The van der Waals surface area contributed by atoms with Crippen LogP contribution in [0.3, 0.4) is 0 Å². The van der Waals surface area contributed by atoms with E-state index in [0.29, 0.717) is 10.7 Å². The van der Waals surface area contributed by atoms with Crippen LogP contribution in [0.1, 0.15) is 30.5 Å². The second-order valence-corrected chi connectivity index (χ2v) is 9.07. The number of hydrogen-bond donors (Lipinski definition) is 3. The average Bonchev–Trinajstić information content (AvgIpc) is 3.11. The van der Waals surface area contributed by atoms with Crippen LogP contribution >= 0.6 is 11.6 Å². The van der Waals surface area contributed by atoms with Gasteiger partial charge < -0.3 is 15.5 Å². The monoisotopic (exact) mass is 482 g/mol. The largest absolute Gasteiger partial charge is 0.396 e. The second kappa shape index (κ2) is 9.97. The molecule has 34 heavy (non-hydrogen) atoms. The molecule has 1 heterocycles. The second-order valence-electron chi connectivity index (χ2n) is 8.63. The van der Waals surface area contributed by atoms with E-state index in [4.69, 9.17) is 11.6 Å². The Hall–Kier alpha value is -3.20. The molecule has 3 N–H and O–H groups in total. The summed E-state index contributed by atoms with van der Waals surface area (Å²) in [4.78, 5) is 30.3. The van der Waals surface area contributed by atoms with Crippen molar-refractivity contribution in [3.63, 3.8) is 0 Å². The van der Waals surface area contributed by atoms with Crippen LogP contribution in [0.25, 0.3) is 5.57 Å². The lowest BCUT2D eigenvalue weighted by molar-refractivity contribution is 0.134. The SMILES string of the molecule is CC1=C(C)c2cc(Nc3nc(=O)n(CC(CO)CO)c(=O)n3Cc3ccc(Cl)cc3)ccc2C1. The van der Waals surface area contributed by atoms with Crippen LogP contribution < -0.4 is 16.7 Å². The van der Waals surface area contributed by atoms with Gasteiger partial charge in [0.15, 0.2) is 0 Å². The molecular weight excluding hydrogens is 456 g/mol. The Labute approximate surface area is 201 Å². The molecule has 1 aromatic heterocycles. The quantitative estimate of drug-likeness (QED) is 0.455. The third kappa shape index (κ3) is 4.84. The standard InChI is InChI=1S/C25H27ClN4O4/c1-15-9-19-5-8-21(10-22(19)16(15)2)27-23-28-24(33)30(12-18(13-31)14-32)25(34)29(23)11-17-3-6-20(26)7-4-17/h3-8,10,18,31-32H,9,11-14H2,1-2H3,(H,27,28,33). The molecule has 0 saturated carbocycles. The van der Waals surface area contributed by atoms with Crippen LogP contribution in [0.5, 0.6) is 0 Å². The van der Waals surface area contributed by atoms with Gasteiger partial charge in [-0.15, -0.1) is 0 Å². The van der Waals surface area contributed by atoms with Crippen molar-refractivity contribution in [2.24, 2.45) is 5.92 Å². The molecule has 4 rings (SSSR count). The number of rotatable bonds is 8. The lowest BCUT2D eigenvalue weighted by atomic mass is 10.1. The van der Waals surface area contributed by atoms with Crippen molar-refractivity contribution in [2.45, 2.75) is 33.4 Å². The zero-order valence-corrected chi connectivity index (χ0v) is 19.8. The fourth-order valence-electron chi connectivity index (χ4n) is 4.06. The van der Waals surface area contributed by atoms with Gasteiger partial charge in [0, 0.05) is 36.4 Å². The third-order valence-electron chi connectivity index (χ3n) is 6.23. The fraction of sp³-hybridized carbons (Fsp3) is 0.320. The number of anilines is 2. The number of benzene rings is 2. The van der Waals surface area contributed by atoms with Gasteiger partial charge in [-0.25, -0.2) is 14.2 Å². The maximum absolute atomic E-state index is 13.4. The average molecular weight is 483 g/mol. The molecule has 0 radical (unpaired) electrons.